The van der Waals surface area contributed by atoms with Crippen molar-refractivity contribution in [1.82, 2.24) is 0 Å². The Labute approximate surface area is 97.9 Å². The highest BCUT2D eigenvalue weighted by Crippen LogP contribution is 2.16. The molecule has 0 amide bonds. The van der Waals surface area contributed by atoms with E-state index in [1.807, 2.05) is 6.92 Å². The summed E-state index contributed by atoms with van der Waals surface area (Å²) in [6.07, 6.45) is 0. The predicted octanol–water partition coefficient (Wildman–Crippen LogP) is 1.53. The minimum Gasteiger partial charge on any atom is -0.394 e. The second-order valence-electron chi connectivity index (χ2n) is 4.66. The summed E-state index contributed by atoms with van der Waals surface area (Å²) in [7, 11) is 0. The molecule has 0 saturated heterocycles. The Morgan fingerprint density at radius 3 is 2.31 bits per heavy atom. The largest absolute Gasteiger partial charge is 0.394 e. The van der Waals surface area contributed by atoms with E-state index in [1.165, 1.54) is 5.56 Å². The molecule has 0 heterocycles. The Bertz CT molecular complexity index is 319. The topological polar surface area (TPSA) is 49.5 Å². The van der Waals surface area contributed by atoms with Gasteiger partial charge in [-0.2, -0.15) is 0 Å². The van der Waals surface area contributed by atoms with Crippen molar-refractivity contribution in [3.05, 3.63) is 29.8 Å². The Morgan fingerprint density at radius 2 is 1.88 bits per heavy atom. The molecular weight excluding hydrogens is 200 g/mol. The van der Waals surface area contributed by atoms with Crippen molar-refractivity contribution in [2.24, 2.45) is 5.73 Å². The van der Waals surface area contributed by atoms with Gasteiger partial charge in [-0.25, -0.2) is 0 Å². The molecule has 0 aliphatic carbocycles. The van der Waals surface area contributed by atoms with Crippen LogP contribution in [-0.2, 0) is 0 Å². The van der Waals surface area contributed by atoms with Crippen LogP contribution >= 0.6 is 0 Å². The number of aliphatic hydroxyl groups excluding tert-OH is 1. The number of rotatable bonds is 5. The average molecular weight is 222 g/mol. The summed E-state index contributed by atoms with van der Waals surface area (Å²) in [5, 5.41) is 9.18. The van der Waals surface area contributed by atoms with Crippen LogP contribution in [0.2, 0.25) is 0 Å². The molecule has 0 spiro atoms. The number of hydrogen-bond donors (Lipinski definition) is 2. The van der Waals surface area contributed by atoms with Gasteiger partial charge < -0.3 is 15.7 Å². The van der Waals surface area contributed by atoms with Crippen LogP contribution in [-0.4, -0.2) is 30.3 Å². The third-order valence-electron chi connectivity index (χ3n) is 2.69. The lowest BCUT2D eigenvalue weighted by Crippen LogP contribution is -2.50. The average Bonchev–Trinajstić information content (AvgIpc) is 2.27. The minimum absolute atomic E-state index is 0.00460. The fraction of sp³-hybridized carbons (Fsp3) is 0.538. The zero-order chi connectivity index (χ0) is 12.2. The number of aliphatic hydroxyl groups is 1. The van der Waals surface area contributed by atoms with Crippen LogP contribution < -0.4 is 10.6 Å². The number of hydrogen-bond acceptors (Lipinski definition) is 3. The van der Waals surface area contributed by atoms with E-state index in [4.69, 9.17) is 5.73 Å². The van der Waals surface area contributed by atoms with Crippen molar-refractivity contribution in [1.29, 1.82) is 0 Å². The molecule has 1 atom stereocenters. The third-order valence-corrected chi connectivity index (χ3v) is 2.69. The van der Waals surface area contributed by atoms with Crippen LogP contribution in [0.3, 0.4) is 0 Å². The van der Waals surface area contributed by atoms with Crippen molar-refractivity contribution in [2.75, 3.05) is 24.6 Å². The van der Waals surface area contributed by atoms with Crippen LogP contribution in [0, 0.1) is 6.92 Å². The van der Waals surface area contributed by atoms with E-state index in [9.17, 15) is 5.11 Å². The van der Waals surface area contributed by atoms with Crippen LogP contribution in [0.4, 0.5) is 5.69 Å². The van der Waals surface area contributed by atoms with Gasteiger partial charge in [-0.05, 0) is 32.9 Å². The summed E-state index contributed by atoms with van der Waals surface area (Å²) in [6.45, 7) is 7.56. The number of benzene rings is 1. The first-order chi connectivity index (χ1) is 7.48. The highest BCUT2D eigenvalue weighted by atomic mass is 16.3. The van der Waals surface area contributed by atoms with Crippen LogP contribution in [0.15, 0.2) is 24.3 Å². The maximum atomic E-state index is 9.18. The molecule has 90 valence electrons. The molecule has 3 heteroatoms. The minimum atomic E-state index is -0.555. The predicted molar refractivity (Wildman–Crippen MR) is 68.7 cm³/mol. The van der Waals surface area contributed by atoms with E-state index in [1.54, 1.807) is 0 Å². The highest BCUT2D eigenvalue weighted by Gasteiger charge is 2.20. The molecule has 0 radical (unpaired) electrons. The third kappa shape index (κ3) is 3.51. The lowest BCUT2D eigenvalue weighted by molar-refractivity contribution is 0.211. The van der Waals surface area contributed by atoms with Gasteiger partial charge in [0.05, 0.1) is 12.1 Å². The molecule has 0 saturated carbocycles. The Morgan fingerprint density at radius 1 is 1.31 bits per heavy atom. The van der Waals surface area contributed by atoms with E-state index in [2.05, 4.69) is 43.0 Å². The second-order valence-corrected chi connectivity index (χ2v) is 4.66. The molecule has 16 heavy (non-hydrogen) atoms. The lowest BCUT2D eigenvalue weighted by Gasteiger charge is -2.32. The SMILES string of the molecule is CCN(CC(C)(N)CO)c1ccc(C)cc1. The molecule has 0 bridgehead atoms. The van der Waals surface area contributed by atoms with Gasteiger partial charge in [0, 0.05) is 18.8 Å². The molecular formula is C13H22N2O. The summed E-state index contributed by atoms with van der Waals surface area (Å²) < 4.78 is 0. The molecule has 1 rings (SSSR count). The number of aryl methyl sites for hydroxylation is 1. The highest BCUT2D eigenvalue weighted by molar-refractivity contribution is 5.47. The van der Waals surface area contributed by atoms with E-state index in [0.29, 0.717) is 6.54 Å². The standard InChI is InChI=1S/C13H22N2O/c1-4-15(9-13(3,14)10-16)12-7-5-11(2)6-8-12/h5-8,16H,4,9-10,14H2,1-3H3. The maximum Gasteiger partial charge on any atom is 0.0625 e. The Hall–Kier alpha value is -1.06. The quantitative estimate of drug-likeness (QED) is 0.794. The van der Waals surface area contributed by atoms with Crippen LogP contribution in [0.1, 0.15) is 19.4 Å². The molecule has 0 aromatic heterocycles. The van der Waals surface area contributed by atoms with Gasteiger partial charge in [-0.3, -0.25) is 0 Å². The number of anilines is 1. The second kappa shape index (κ2) is 5.32. The summed E-state index contributed by atoms with van der Waals surface area (Å²) in [5.41, 5.74) is 7.81. The van der Waals surface area contributed by atoms with Gasteiger partial charge in [-0.15, -0.1) is 0 Å². The fourth-order valence-corrected chi connectivity index (χ4v) is 1.63. The Balaban J connectivity index is 2.78. The van der Waals surface area contributed by atoms with Gasteiger partial charge in [0.2, 0.25) is 0 Å². The number of nitrogens with zero attached hydrogens (tertiary/aromatic N) is 1. The monoisotopic (exact) mass is 222 g/mol. The van der Waals surface area contributed by atoms with Crippen LogP contribution in [0.25, 0.3) is 0 Å². The summed E-state index contributed by atoms with van der Waals surface area (Å²) in [4.78, 5) is 2.18. The van der Waals surface area contributed by atoms with Gasteiger partial charge >= 0.3 is 0 Å². The molecule has 3 N–H and O–H groups in total. The summed E-state index contributed by atoms with van der Waals surface area (Å²) in [5.74, 6) is 0. The lowest BCUT2D eigenvalue weighted by atomic mass is 10.0. The van der Waals surface area contributed by atoms with Gasteiger partial charge in [0.25, 0.3) is 0 Å². The van der Waals surface area contributed by atoms with Gasteiger partial charge in [-0.1, -0.05) is 17.7 Å². The normalized spacial score (nSPS) is 14.6. The maximum absolute atomic E-state index is 9.18. The van der Waals surface area contributed by atoms with Crippen molar-refractivity contribution in [3.8, 4) is 0 Å². The molecule has 0 aliphatic heterocycles. The van der Waals surface area contributed by atoms with E-state index < -0.39 is 5.54 Å². The van der Waals surface area contributed by atoms with Crippen molar-refractivity contribution in [2.45, 2.75) is 26.3 Å². The van der Waals surface area contributed by atoms with E-state index in [-0.39, 0.29) is 6.61 Å². The van der Waals surface area contributed by atoms with Crippen molar-refractivity contribution in [3.63, 3.8) is 0 Å². The summed E-state index contributed by atoms with van der Waals surface area (Å²) >= 11 is 0. The van der Waals surface area contributed by atoms with E-state index >= 15 is 0 Å². The molecule has 1 unspecified atom stereocenters. The first-order valence-electron chi connectivity index (χ1n) is 5.70. The van der Waals surface area contributed by atoms with Gasteiger partial charge in [0.15, 0.2) is 0 Å². The van der Waals surface area contributed by atoms with E-state index in [0.717, 1.165) is 12.2 Å². The first kappa shape index (κ1) is 13.0. The fourth-order valence-electron chi connectivity index (χ4n) is 1.63. The van der Waals surface area contributed by atoms with Gasteiger partial charge in [0.1, 0.15) is 0 Å². The number of nitrogens with two attached hydrogens (primary N) is 1. The smallest absolute Gasteiger partial charge is 0.0625 e. The van der Waals surface area contributed by atoms with Crippen LogP contribution in [0.5, 0.6) is 0 Å². The molecule has 1 aromatic rings. The first-order valence-corrected chi connectivity index (χ1v) is 5.70. The molecule has 0 fully saturated rings. The van der Waals surface area contributed by atoms with Crippen molar-refractivity contribution >= 4 is 5.69 Å². The Kier molecular flexibility index (Phi) is 4.33. The summed E-state index contributed by atoms with van der Waals surface area (Å²) in [6, 6.07) is 8.36. The zero-order valence-electron chi connectivity index (χ0n) is 10.4. The molecule has 1 aromatic carbocycles. The van der Waals surface area contributed by atoms with Crippen molar-refractivity contribution < 1.29 is 5.11 Å². The molecule has 0 aliphatic rings. The number of likely N-dealkylation sites (N-methyl/N-ethyl adjacent to an activating group) is 1. The molecule has 3 nitrogen and oxygen atoms in total. The zero-order valence-corrected chi connectivity index (χ0v) is 10.4.